The topological polar surface area (TPSA) is 64.9 Å². The lowest BCUT2D eigenvalue weighted by Gasteiger charge is -2.17. The van der Waals surface area contributed by atoms with Gasteiger partial charge in [-0.3, -0.25) is 0 Å². The van der Waals surface area contributed by atoms with Gasteiger partial charge in [0.25, 0.3) is 0 Å². The summed E-state index contributed by atoms with van der Waals surface area (Å²) in [6.07, 6.45) is 0.901. The normalized spacial score (nSPS) is 13.2. The molecule has 0 aromatic heterocycles. The predicted octanol–water partition coefficient (Wildman–Crippen LogP) is 2.72. The van der Waals surface area contributed by atoms with E-state index in [1.54, 1.807) is 12.1 Å². The van der Waals surface area contributed by atoms with Gasteiger partial charge in [0.2, 0.25) is 0 Å². The summed E-state index contributed by atoms with van der Waals surface area (Å²) in [6, 6.07) is 9.19. The summed E-state index contributed by atoms with van der Waals surface area (Å²) in [4.78, 5) is 11.6. The summed E-state index contributed by atoms with van der Waals surface area (Å²) in [6.45, 7) is 5.90. The second-order valence-corrected chi connectivity index (χ2v) is 4.38. The van der Waals surface area contributed by atoms with Gasteiger partial charge in [0.1, 0.15) is 0 Å². The van der Waals surface area contributed by atoms with Crippen molar-refractivity contribution in [2.75, 3.05) is 0 Å². The minimum atomic E-state index is -0.166. The molecule has 1 rings (SSSR count). The molecule has 96 valence electrons. The number of benzene rings is 1. The van der Waals surface area contributed by atoms with Crippen LogP contribution in [0.15, 0.2) is 24.3 Å². The van der Waals surface area contributed by atoms with Crippen molar-refractivity contribution in [2.45, 2.75) is 39.3 Å². The first-order chi connectivity index (χ1) is 8.56. The molecule has 0 aliphatic heterocycles. The Kier molecular flexibility index (Phi) is 5.19. The molecular weight excluding hydrogens is 226 g/mol. The molecule has 0 aliphatic carbocycles. The Balaban J connectivity index is 2.56. The van der Waals surface area contributed by atoms with E-state index in [1.165, 1.54) is 0 Å². The van der Waals surface area contributed by atoms with Gasteiger partial charge >= 0.3 is 6.03 Å². The van der Waals surface area contributed by atoms with Gasteiger partial charge in [0.05, 0.1) is 17.7 Å². The third-order valence-corrected chi connectivity index (χ3v) is 2.88. The molecule has 0 radical (unpaired) electrons. The first-order valence-electron chi connectivity index (χ1n) is 6.14. The summed E-state index contributed by atoms with van der Waals surface area (Å²) in [5.74, 6) is 0. The van der Waals surface area contributed by atoms with Crippen LogP contribution in [0.1, 0.15) is 44.4 Å². The van der Waals surface area contributed by atoms with Crippen LogP contribution in [0.2, 0.25) is 0 Å². The van der Waals surface area contributed by atoms with Crippen molar-refractivity contribution < 1.29 is 4.79 Å². The van der Waals surface area contributed by atoms with Gasteiger partial charge in [-0.05, 0) is 38.0 Å². The summed E-state index contributed by atoms with van der Waals surface area (Å²) < 4.78 is 0. The molecule has 0 spiro atoms. The lowest BCUT2D eigenvalue weighted by molar-refractivity contribution is 0.234. The van der Waals surface area contributed by atoms with Crippen LogP contribution in [0.5, 0.6) is 0 Å². The maximum Gasteiger partial charge on any atom is 0.315 e. The smallest absolute Gasteiger partial charge is 0.315 e. The highest BCUT2D eigenvalue weighted by molar-refractivity contribution is 5.74. The van der Waals surface area contributed by atoms with Gasteiger partial charge in [-0.2, -0.15) is 5.26 Å². The quantitative estimate of drug-likeness (QED) is 0.856. The molecule has 0 aliphatic rings. The van der Waals surface area contributed by atoms with E-state index in [1.807, 2.05) is 32.9 Å². The molecule has 1 aromatic carbocycles. The lowest BCUT2D eigenvalue weighted by atomic mass is 10.1. The highest BCUT2D eigenvalue weighted by atomic mass is 16.2. The number of nitrogens with one attached hydrogen (secondary N) is 2. The predicted molar refractivity (Wildman–Crippen MR) is 71.0 cm³/mol. The molecule has 4 nitrogen and oxygen atoms in total. The molecule has 2 N–H and O–H groups in total. The van der Waals surface area contributed by atoms with Crippen molar-refractivity contribution >= 4 is 6.03 Å². The summed E-state index contributed by atoms with van der Waals surface area (Å²) in [5, 5.41) is 14.4. The number of amides is 2. The number of hydrogen-bond acceptors (Lipinski definition) is 2. The summed E-state index contributed by atoms with van der Waals surface area (Å²) >= 11 is 0. The first-order valence-corrected chi connectivity index (χ1v) is 6.14. The minimum Gasteiger partial charge on any atom is -0.336 e. The van der Waals surface area contributed by atoms with E-state index >= 15 is 0 Å². The monoisotopic (exact) mass is 245 g/mol. The number of nitriles is 1. The third kappa shape index (κ3) is 4.10. The zero-order valence-corrected chi connectivity index (χ0v) is 11.0. The van der Waals surface area contributed by atoms with E-state index in [0.717, 1.165) is 12.0 Å². The highest BCUT2D eigenvalue weighted by Crippen LogP contribution is 2.12. The van der Waals surface area contributed by atoms with Gasteiger partial charge in [-0.15, -0.1) is 0 Å². The number of rotatable bonds is 4. The Morgan fingerprint density at radius 1 is 1.28 bits per heavy atom. The van der Waals surface area contributed by atoms with Gasteiger partial charge in [0.15, 0.2) is 0 Å². The zero-order chi connectivity index (χ0) is 13.5. The number of hydrogen-bond donors (Lipinski definition) is 2. The Labute approximate surface area is 108 Å². The Hall–Kier alpha value is -2.02. The van der Waals surface area contributed by atoms with Crippen LogP contribution in [-0.2, 0) is 0 Å². The van der Waals surface area contributed by atoms with Crippen LogP contribution in [0.4, 0.5) is 4.79 Å². The van der Waals surface area contributed by atoms with E-state index in [4.69, 9.17) is 5.26 Å². The number of carbonyl (C=O) groups is 1. The van der Waals surface area contributed by atoms with Gasteiger partial charge in [-0.1, -0.05) is 19.1 Å². The zero-order valence-electron chi connectivity index (χ0n) is 11.0. The van der Waals surface area contributed by atoms with Crippen molar-refractivity contribution in [3.05, 3.63) is 35.4 Å². The molecule has 0 heterocycles. The van der Waals surface area contributed by atoms with Crippen molar-refractivity contribution in [3.8, 4) is 6.07 Å². The average Bonchev–Trinajstić information content (AvgIpc) is 2.38. The molecule has 18 heavy (non-hydrogen) atoms. The molecule has 2 amide bonds. The van der Waals surface area contributed by atoms with Crippen molar-refractivity contribution in [2.24, 2.45) is 0 Å². The van der Waals surface area contributed by atoms with Crippen LogP contribution in [0, 0.1) is 11.3 Å². The molecule has 4 heteroatoms. The molecule has 0 saturated heterocycles. The number of nitrogens with zero attached hydrogens (tertiary/aromatic N) is 1. The first kappa shape index (κ1) is 14.0. The second kappa shape index (κ2) is 6.65. The molecule has 0 saturated carbocycles. The SMILES string of the molecule is CCC(C)NC(=O)NC(C)c1ccc(C#N)cc1. The van der Waals surface area contributed by atoms with Crippen molar-refractivity contribution in [1.29, 1.82) is 5.26 Å². The Morgan fingerprint density at radius 3 is 2.39 bits per heavy atom. The van der Waals surface area contributed by atoms with Gasteiger partial charge in [0, 0.05) is 6.04 Å². The fourth-order valence-electron chi connectivity index (χ4n) is 1.49. The van der Waals surface area contributed by atoms with Crippen LogP contribution in [0.25, 0.3) is 0 Å². The van der Waals surface area contributed by atoms with E-state index in [2.05, 4.69) is 16.7 Å². The van der Waals surface area contributed by atoms with Gasteiger partial charge < -0.3 is 10.6 Å². The highest BCUT2D eigenvalue weighted by Gasteiger charge is 2.10. The summed E-state index contributed by atoms with van der Waals surface area (Å²) in [7, 11) is 0. The fraction of sp³-hybridized carbons (Fsp3) is 0.429. The van der Waals surface area contributed by atoms with E-state index in [-0.39, 0.29) is 18.1 Å². The third-order valence-electron chi connectivity index (χ3n) is 2.88. The molecule has 2 unspecified atom stereocenters. The Morgan fingerprint density at radius 2 is 1.89 bits per heavy atom. The van der Waals surface area contributed by atoms with Crippen LogP contribution >= 0.6 is 0 Å². The van der Waals surface area contributed by atoms with E-state index in [0.29, 0.717) is 5.56 Å². The average molecular weight is 245 g/mol. The summed E-state index contributed by atoms with van der Waals surface area (Å²) in [5.41, 5.74) is 1.60. The Bertz CT molecular complexity index is 433. The molecular formula is C14H19N3O. The van der Waals surface area contributed by atoms with Crippen LogP contribution in [0.3, 0.4) is 0 Å². The molecule has 1 aromatic rings. The largest absolute Gasteiger partial charge is 0.336 e. The van der Waals surface area contributed by atoms with Crippen LogP contribution in [-0.4, -0.2) is 12.1 Å². The standard InChI is InChI=1S/C14H19N3O/c1-4-10(2)16-14(18)17-11(3)13-7-5-12(9-15)6-8-13/h5-8,10-11H,4H2,1-3H3,(H2,16,17,18). The molecule has 2 atom stereocenters. The maximum absolute atomic E-state index is 11.6. The molecule has 0 fully saturated rings. The minimum absolute atomic E-state index is 0.0817. The second-order valence-electron chi connectivity index (χ2n) is 4.38. The van der Waals surface area contributed by atoms with Gasteiger partial charge in [-0.25, -0.2) is 4.79 Å². The number of urea groups is 1. The van der Waals surface area contributed by atoms with E-state index < -0.39 is 0 Å². The number of carbonyl (C=O) groups excluding carboxylic acids is 1. The van der Waals surface area contributed by atoms with Crippen molar-refractivity contribution in [1.82, 2.24) is 10.6 Å². The lowest BCUT2D eigenvalue weighted by Crippen LogP contribution is -2.41. The van der Waals surface area contributed by atoms with Crippen LogP contribution < -0.4 is 10.6 Å². The van der Waals surface area contributed by atoms with E-state index in [9.17, 15) is 4.79 Å². The molecule has 0 bridgehead atoms. The van der Waals surface area contributed by atoms with Crippen molar-refractivity contribution in [3.63, 3.8) is 0 Å². The maximum atomic E-state index is 11.6. The fourth-order valence-corrected chi connectivity index (χ4v) is 1.49.